The van der Waals surface area contributed by atoms with Gasteiger partial charge in [0.1, 0.15) is 0 Å². The minimum absolute atomic E-state index is 0.143. The average molecular weight is 266 g/mol. The monoisotopic (exact) mass is 264 g/mol. The van der Waals surface area contributed by atoms with Gasteiger partial charge < -0.3 is 11.5 Å². The van der Waals surface area contributed by atoms with E-state index in [9.17, 15) is 0 Å². The first kappa shape index (κ1) is 12.1. The number of nitrogens with zero attached hydrogens (tertiary/aromatic N) is 2. The number of hydrogen-bond donors (Lipinski definition) is 2. The molecule has 0 fully saturated rings. The Kier molecular flexibility index (Phi) is 4.20. The fourth-order valence-electron chi connectivity index (χ4n) is 0.828. The first-order chi connectivity index (χ1) is 7.00. The van der Waals surface area contributed by atoms with Crippen molar-refractivity contribution in [2.24, 2.45) is 21.7 Å². The van der Waals surface area contributed by atoms with Crippen LogP contribution in [0.2, 0.25) is 15.1 Å². The second kappa shape index (κ2) is 5.21. The standard InChI is InChI=1S/C8H7Cl3N4/c9-5-1-4(3-14-15-8(12)13)7(11)6(10)2-5/h1-3H,(H4,12,13,15)/b14-3+. The molecule has 7 heteroatoms. The van der Waals surface area contributed by atoms with E-state index in [1.165, 1.54) is 12.3 Å². The lowest BCUT2D eigenvalue weighted by Gasteiger charge is -2.00. The summed E-state index contributed by atoms with van der Waals surface area (Å²) in [6, 6.07) is 3.13. The molecule has 0 heterocycles. The molecular weight excluding hydrogens is 258 g/mol. The van der Waals surface area contributed by atoms with Crippen molar-refractivity contribution < 1.29 is 0 Å². The molecule has 0 aromatic heterocycles. The third-order valence-corrected chi connectivity index (χ3v) is 2.43. The zero-order valence-corrected chi connectivity index (χ0v) is 9.68. The summed E-state index contributed by atoms with van der Waals surface area (Å²) in [6.45, 7) is 0. The number of hydrogen-bond acceptors (Lipinski definition) is 2. The van der Waals surface area contributed by atoms with Crippen molar-refractivity contribution in [3.05, 3.63) is 32.8 Å². The van der Waals surface area contributed by atoms with E-state index in [0.29, 0.717) is 20.6 Å². The number of rotatable bonds is 2. The second-order valence-electron chi connectivity index (χ2n) is 2.56. The van der Waals surface area contributed by atoms with E-state index in [2.05, 4.69) is 10.2 Å². The van der Waals surface area contributed by atoms with E-state index in [1.807, 2.05) is 0 Å². The third-order valence-electron chi connectivity index (χ3n) is 1.39. The van der Waals surface area contributed by atoms with Crippen LogP contribution in [0.25, 0.3) is 0 Å². The largest absolute Gasteiger partial charge is 0.369 e. The summed E-state index contributed by atoms with van der Waals surface area (Å²) >= 11 is 17.5. The molecule has 0 atom stereocenters. The van der Waals surface area contributed by atoms with Crippen LogP contribution >= 0.6 is 34.8 Å². The summed E-state index contributed by atoms with van der Waals surface area (Å²) in [5.74, 6) is -0.143. The fraction of sp³-hybridized carbons (Fsp3) is 0. The van der Waals surface area contributed by atoms with Crippen molar-refractivity contribution in [3.63, 3.8) is 0 Å². The lowest BCUT2D eigenvalue weighted by molar-refractivity contribution is 1.21. The third kappa shape index (κ3) is 3.58. The van der Waals surface area contributed by atoms with Crippen LogP contribution in [0.5, 0.6) is 0 Å². The maximum absolute atomic E-state index is 5.89. The van der Waals surface area contributed by atoms with Crippen molar-refractivity contribution >= 4 is 47.0 Å². The Hall–Kier alpha value is -0.970. The van der Waals surface area contributed by atoms with Gasteiger partial charge in [0.2, 0.25) is 5.96 Å². The molecule has 1 aromatic carbocycles. The normalized spacial score (nSPS) is 10.6. The van der Waals surface area contributed by atoms with Gasteiger partial charge in [-0.1, -0.05) is 34.8 Å². The van der Waals surface area contributed by atoms with E-state index in [1.54, 1.807) is 6.07 Å². The molecule has 1 rings (SSSR count). The van der Waals surface area contributed by atoms with Crippen molar-refractivity contribution in [1.29, 1.82) is 0 Å². The Labute approximate surface area is 102 Å². The molecule has 4 N–H and O–H groups in total. The van der Waals surface area contributed by atoms with E-state index in [4.69, 9.17) is 46.3 Å². The molecule has 80 valence electrons. The van der Waals surface area contributed by atoms with Crippen molar-refractivity contribution in [1.82, 2.24) is 0 Å². The molecule has 1 aromatic rings. The van der Waals surface area contributed by atoms with Crippen molar-refractivity contribution in [3.8, 4) is 0 Å². The summed E-state index contributed by atoms with van der Waals surface area (Å²) in [6.07, 6.45) is 1.36. The van der Waals surface area contributed by atoms with Gasteiger partial charge in [-0.05, 0) is 12.1 Å². The van der Waals surface area contributed by atoms with Crippen LogP contribution in [-0.2, 0) is 0 Å². The minimum atomic E-state index is -0.143. The first-order valence-corrected chi connectivity index (χ1v) is 4.90. The summed E-state index contributed by atoms with van der Waals surface area (Å²) in [4.78, 5) is 0. The zero-order valence-electron chi connectivity index (χ0n) is 7.42. The van der Waals surface area contributed by atoms with Crippen LogP contribution in [-0.4, -0.2) is 12.2 Å². The van der Waals surface area contributed by atoms with Gasteiger partial charge in [-0.25, -0.2) is 0 Å². The lowest BCUT2D eigenvalue weighted by atomic mass is 10.2. The van der Waals surface area contributed by atoms with Crippen LogP contribution in [0.4, 0.5) is 0 Å². The van der Waals surface area contributed by atoms with Crippen LogP contribution < -0.4 is 11.5 Å². The Balaban J connectivity index is 3.05. The maximum Gasteiger partial charge on any atom is 0.211 e. The number of guanidine groups is 1. The molecule has 0 spiro atoms. The van der Waals surface area contributed by atoms with Crippen molar-refractivity contribution in [2.75, 3.05) is 0 Å². The Morgan fingerprint density at radius 1 is 1.20 bits per heavy atom. The van der Waals surface area contributed by atoms with Crippen LogP contribution in [0.3, 0.4) is 0 Å². The number of nitrogens with two attached hydrogens (primary N) is 2. The lowest BCUT2D eigenvalue weighted by Crippen LogP contribution is -2.21. The van der Waals surface area contributed by atoms with Crippen LogP contribution in [0, 0.1) is 0 Å². The first-order valence-electron chi connectivity index (χ1n) is 3.77. The molecule has 0 unspecified atom stereocenters. The van der Waals surface area contributed by atoms with Gasteiger partial charge in [0.15, 0.2) is 0 Å². The highest BCUT2D eigenvalue weighted by atomic mass is 35.5. The molecule has 15 heavy (non-hydrogen) atoms. The molecule has 0 radical (unpaired) electrons. The summed E-state index contributed by atoms with van der Waals surface area (Å²) < 4.78 is 0. The predicted molar refractivity (Wildman–Crippen MR) is 64.9 cm³/mol. The summed E-state index contributed by atoms with van der Waals surface area (Å²) in [7, 11) is 0. The zero-order chi connectivity index (χ0) is 11.4. The quantitative estimate of drug-likeness (QED) is 0.372. The predicted octanol–water partition coefficient (Wildman–Crippen LogP) is 2.25. The molecule has 0 aliphatic heterocycles. The van der Waals surface area contributed by atoms with Crippen molar-refractivity contribution in [2.45, 2.75) is 0 Å². The van der Waals surface area contributed by atoms with Gasteiger partial charge >= 0.3 is 0 Å². The van der Waals surface area contributed by atoms with Gasteiger partial charge in [0.25, 0.3) is 0 Å². The number of halogens is 3. The highest BCUT2D eigenvalue weighted by Gasteiger charge is 2.04. The topological polar surface area (TPSA) is 76.8 Å². The highest BCUT2D eigenvalue weighted by Crippen LogP contribution is 2.28. The fourth-order valence-corrected chi connectivity index (χ4v) is 1.49. The molecule has 0 bridgehead atoms. The average Bonchev–Trinajstić information content (AvgIpc) is 2.12. The van der Waals surface area contributed by atoms with Crippen LogP contribution in [0.1, 0.15) is 5.56 Å². The minimum Gasteiger partial charge on any atom is -0.369 e. The van der Waals surface area contributed by atoms with E-state index >= 15 is 0 Å². The molecule has 0 aliphatic carbocycles. The van der Waals surface area contributed by atoms with Gasteiger partial charge in [-0.3, -0.25) is 0 Å². The smallest absolute Gasteiger partial charge is 0.211 e. The molecule has 0 aliphatic rings. The van der Waals surface area contributed by atoms with E-state index in [-0.39, 0.29) is 5.96 Å². The second-order valence-corrected chi connectivity index (χ2v) is 3.78. The Morgan fingerprint density at radius 2 is 1.87 bits per heavy atom. The number of benzene rings is 1. The summed E-state index contributed by atoms with van der Waals surface area (Å²) in [5.41, 5.74) is 10.7. The van der Waals surface area contributed by atoms with Gasteiger partial charge in [0, 0.05) is 10.6 Å². The van der Waals surface area contributed by atoms with Crippen LogP contribution in [0.15, 0.2) is 22.3 Å². The van der Waals surface area contributed by atoms with Gasteiger partial charge in [-0.2, -0.15) is 5.10 Å². The molecular formula is C8H7Cl3N4. The Morgan fingerprint density at radius 3 is 2.47 bits per heavy atom. The van der Waals surface area contributed by atoms with Gasteiger partial charge in [-0.15, -0.1) is 5.10 Å². The SMILES string of the molecule is NC(N)=N/N=C/c1cc(Cl)cc(Cl)c1Cl. The molecule has 0 saturated heterocycles. The van der Waals surface area contributed by atoms with Gasteiger partial charge in [0.05, 0.1) is 16.3 Å². The Bertz CT molecular complexity index is 424. The summed E-state index contributed by atoms with van der Waals surface area (Å²) in [5, 5.41) is 8.15. The molecule has 4 nitrogen and oxygen atoms in total. The molecule has 0 amide bonds. The van der Waals surface area contributed by atoms with E-state index < -0.39 is 0 Å². The van der Waals surface area contributed by atoms with E-state index in [0.717, 1.165) is 0 Å². The molecule has 0 saturated carbocycles. The highest BCUT2D eigenvalue weighted by molar-refractivity contribution is 6.44. The maximum atomic E-state index is 5.89.